The molecule has 2 rings (SSSR count). The number of aliphatic hydroxyl groups excluding tert-OH is 1. The summed E-state index contributed by atoms with van der Waals surface area (Å²) < 4.78 is 10.5. The number of ether oxygens (including phenoxy) is 2. The summed E-state index contributed by atoms with van der Waals surface area (Å²) in [4.78, 5) is 0. The van der Waals surface area contributed by atoms with Crippen molar-refractivity contribution < 1.29 is 14.6 Å². The SMILES string of the molecule is COc1ccc(CCC(O)C2CCCOC2)cc1. The number of hydrogen-bond donors (Lipinski definition) is 1. The first-order chi connectivity index (χ1) is 8.79. The molecule has 0 spiro atoms. The highest BCUT2D eigenvalue weighted by Gasteiger charge is 2.21. The molecule has 0 amide bonds. The molecule has 2 unspecified atom stereocenters. The molecule has 2 atom stereocenters. The van der Waals surface area contributed by atoms with Crippen LogP contribution in [0.25, 0.3) is 0 Å². The van der Waals surface area contributed by atoms with Gasteiger partial charge < -0.3 is 14.6 Å². The van der Waals surface area contributed by atoms with Gasteiger partial charge >= 0.3 is 0 Å². The van der Waals surface area contributed by atoms with Crippen LogP contribution in [0, 0.1) is 5.92 Å². The summed E-state index contributed by atoms with van der Waals surface area (Å²) >= 11 is 0. The molecule has 0 saturated carbocycles. The second-order valence-corrected chi connectivity index (χ2v) is 4.93. The van der Waals surface area contributed by atoms with Crippen molar-refractivity contribution in [3.05, 3.63) is 29.8 Å². The Bertz CT molecular complexity index is 341. The molecule has 100 valence electrons. The number of rotatable bonds is 5. The van der Waals surface area contributed by atoms with Gasteiger partial charge in [0.1, 0.15) is 5.75 Å². The monoisotopic (exact) mass is 250 g/mol. The molecule has 3 heteroatoms. The zero-order valence-corrected chi connectivity index (χ0v) is 11.0. The summed E-state index contributed by atoms with van der Waals surface area (Å²) in [6, 6.07) is 8.04. The average molecular weight is 250 g/mol. The number of hydrogen-bond acceptors (Lipinski definition) is 3. The van der Waals surface area contributed by atoms with E-state index in [-0.39, 0.29) is 6.10 Å². The Labute approximate surface area is 109 Å². The van der Waals surface area contributed by atoms with Crippen LogP contribution in [-0.2, 0) is 11.2 Å². The minimum atomic E-state index is -0.243. The van der Waals surface area contributed by atoms with Crippen molar-refractivity contribution in [2.75, 3.05) is 20.3 Å². The fourth-order valence-electron chi connectivity index (χ4n) is 2.41. The lowest BCUT2D eigenvalue weighted by atomic mass is 9.92. The second-order valence-electron chi connectivity index (χ2n) is 4.93. The van der Waals surface area contributed by atoms with E-state index in [4.69, 9.17) is 9.47 Å². The summed E-state index contributed by atoms with van der Waals surface area (Å²) in [5.41, 5.74) is 1.24. The molecule has 1 aromatic rings. The van der Waals surface area contributed by atoms with Crippen molar-refractivity contribution in [2.45, 2.75) is 31.8 Å². The van der Waals surface area contributed by atoms with Gasteiger partial charge in [0.25, 0.3) is 0 Å². The number of aliphatic hydroxyl groups is 1. The van der Waals surface area contributed by atoms with E-state index in [0.29, 0.717) is 12.5 Å². The third kappa shape index (κ3) is 3.72. The maximum atomic E-state index is 10.1. The third-order valence-electron chi connectivity index (χ3n) is 3.63. The molecule has 3 nitrogen and oxygen atoms in total. The topological polar surface area (TPSA) is 38.7 Å². The van der Waals surface area contributed by atoms with E-state index in [1.165, 1.54) is 5.56 Å². The largest absolute Gasteiger partial charge is 0.497 e. The van der Waals surface area contributed by atoms with Crippen LogP contribution in [0.15, 0.2) is 24.3 Å². The second kappa shape index (κ2) is 6.76. The third-order valence-corrected chi connectivity index (χ3v) is 3.63. The molecule has 0 aromatic heterocycles. The molecule has 1 saturated heterocycles. The molecule has 0 radical (unpaired) electrons. The first-order valence-electron chi connectivity index (χ1n) is 6.68. The normalized spacial score (nSPS) is 21.6. The Balaban J connectivity index is 1.78. The fraction of sp³-hybridized carbons (Fsp3) is 0.600. The van der Waals surface area contributed by atoms with Crippen LogP contribution < -0.4 is 4.74 Å². The fourth-order valence-corrected chi connectivity index (χ4v) is 2.41. The van der Waals surface area contributed by atoms with Gasteiger partial charge in [0, 0.05) is 12.5 Å². The predicted molar refractivity (Wildman–Crippen MR) is 70.9 cm³/mol. The molecule has 0 aliphatic carbocycles. The Hall–Kier alpha value is -1.06. The van der Waals surface area contributed by atoms with Crippen LogP contribution in [0.1, 0.15) is 24.8 Å². The van der Waals surface area contributed by atoms with Gasteiger partial charge in [-0.15, -0.1) is 0 Å². The first-order valence-corrected chi connectivity index (χ1v) is 6.68. The minimum Gasteiger partial charge on any atom is -0.497 e. The van der Waals surface area contributed by atoms with Gasteiger partial charge in [0.15, 0.2) is 0 Å². The van der Waals surface area contributed by atoms with Gasteiger partial charge in [-0.1, -0.05) is 12.1 Å². The molecule has 0 bridgehead atoms. The molecule has 1 N–H and O–H groups in total. The lowest BCUT2D eigenvalue weighted by Crippen LogP contribution is -2.29. The van der Waals surface area contributed by atoms with Crippen LogP contribution in [0.4, 0.5) is 0 Å². The van der Waals surface area contributed by atoms with Gasteiger partial charge in [-0.3, -0.25) is 0 Å². The van der Waals surface area contributed by atoms with Crippen LogP contribution in [0.2, 0.25) is 0 Å². The molecule has 1 heterocycles. The van der Waals surface area contributed by atoms with Crippen molar-refractivity contribution in [1.29, 1.82) is 0 Å². The van der Waals surface area contributed by atoms with E-state index in [1.807, 2.05) is 12.1 Å². The number of benzene rings is 1. The Kier molecular flexibility index (Phi) is 5.02. The summed E-state index contributed by atoms with van der Waals surface area (Å²) in [6.07, 6.45) is 3.63. The summed E-state index contributed by atoms with van der Waals surface area (Å²) in [5.74, 6) is 1.19. The zero-order chi connectivity index (χ0) is 12.8. The lowest BCUT2D eigenvalue weighted by Gasteiger charge is -2.26. The number of methoxy groups -OCH3 is 1. The molecule has 1 fully saturated rings. The molecular formula is C15H22O3. The van der Waals surface area contributed by atoms with Crippen LogP contribution in [0.3, 0.4) is 0 Å². The van der Waals surface area contributed by atoms with Crippen molar-refractivity contribution >= 4 is 0 Å². The van der Waals surface area contributed by atoms with E-state index in [1.54, 1.807) is 7.11 Å². The van der Waals surface area contributed by atoms with Gasteiger partial charge in [0.05, 0.1) is 19.8 Å². The highest BCUT2D eigenvalue weighted by atomic mass is 16.5. The molecule has 18 heavy (non-hydrogen) atoms. The zero-order valence-electron chi connectivity index (χ0n) is 11.0. The smallest absolute Gasteiger partial charge is 0.118 e. The van der Waals surface area contributed by atoms with E-state index in [2.05, 4.69) is 12.1 Å². The summed E-state index contributed by atoms with van der Waals surface area (Å²) in [7, 11) is 1.67. The maximum Gasteiger partial charge on any atom is 0.118 e. The summed E-state index contributed by atoms with van der Waals surface area (Å²) in [5, 5.41) is 10.1. The highest BCUT2D eigenvalue weighted by molar-refractivity contribution is 5.27. The molecule has 1 aliphatic rings. The molecule has 1 aliphatic heterocycles. The maximum absolute atomic E-state index is 10.1. The highest BCUT2D eigenvalue weighted by Crippen LogP contribution is 2.21. The van der Waals surface area contributed by atoms with Crippen LogP contribution in [-0.4, -0.2) is 31.5 Å². The summed E-state index contributed by atoms with van der Waals surface area (Å²) in [6.45, 7) is 1.56. The standard InChI is InChI=1S/C15H22O3/c1-17-14-7-4-12(5-8-14)6-9-15(16)13-3-2-10-18-11-13/h4-5,7-8,13,15-16H,2-3,6,9-11H2,1H3. The van der Waals surface area contributed by atoms with E-state index in [0.717, 1.165) is 38.0 Å². The number of aryl methyl sites for hydroxylation is 1. The van der Waals surface area contributed by atoms with E-state index in [9.17, 15) is 5.11 Å². The van der Waals surface area contributed by atoms with Gasteiger partial charge in [-0.2, -0.15) is 0 Å². The Morgan fingerprint density at radius 1 is 1.39 bits per heavy atom. The van der Waals surface area contributed by atoms with Crippen LogP contribution >= 0.6 is 0 Å². The van der Waals surface area contributed by atoms with Crippen molar-refractivity contribution in [3.8, 4) is 5.75 Å². The molecule has 1 aromatic carbocycles. The van der Waals surface area contributed by atoms with Gasteiger partial charge in [-0.25, -0.2) is 0 Å². The van der Waals surface area contributed by atoms with Crippen LogP contribution in [0.5, 0.6) is 5.75 Å². The van der Waals surface area contributed by atoms with Crippen molar-refractivity contribution in [2.24, 2.45) is 5.92 Å². The quantitative estimate of drug-likeness (QED) is 0.872. The lowest BCUT2D eigenvalue weighted by molar-refractivity contribution is -0.0116. The minimum absolute atomic E-state index is 0.243. The first kappa shape index (κ1) is 13.4. The van der Waals surface area contributed by atoms with Crippen molar-refractivity contribution in [1.82, 2.24) is 0 Å². The Morgan fingerprint density at radius 3 is 2.78 bits per heavy atom. The van der Waals surface area contributed by atoms with Crippen molar-refractivity contribution in [3.63, 3.8) is 0 Å². The van der Waals surface area contributed by atoms with Gasteiger partial charge in [0.2, 0.25) is 0 Å². The van der Waals surface area contributed by atoms with Gasteiger partial charge in [-0.05, 0) is 43.4 Å². The average Bonchev–Trinajstić information content (AvgIpc) is 2.46. The molecular weight excluding hydrogens is 228 g/mol. The Morgan fingerprint density at radius 2 is 2.17 bits per heavy atom. The van der Waals surface area contributed by atoms with E-state index < -0.39 is 0 Å². The van der Waals surface area contributed by atoms with E-state index >= 15 is 0 Å². The predicted octanol–water partition coefficient (Wildman–Crippen LogP) is 2.42.